The van der Waals surface area contributed by atoms with E-state index >= 15 is 0 Å². The second kappa shape index (κ2) is 12.3. The summed E-state index contributed by atoms with van der Waals surface area (Å²) in [5.41, 5.74) is 0.490. The van der Waals surface area contributed by atoms with Crippen LogP contribution in [0.25, 0.3) is 0 Å². The lowest BCUT2D eigenvalue weighted by Gasteiger charge is -2.12. The molecular weight excluding hydrogens is 515 g/mol. The van der Waals surface area contributed by atoms with Gasteiger partial charge in [0.15, 0.2) is 11.4 Å². The number of pyridine rings is 1. The van der Waals surface area contributed by atoms with Crippen LogP contribution in [0.2, 0.25) is 0 Å². The summed E-state index contributed by atoms with van der Waals surface area (Å²) in [6.07, 6.45) is 0.988. The number of carbonyl (C=O) groups is 2. The van der Waals surface area contributed by atoms with Crippen molar-refractivity contribution >= 4 is 11.8 Å². The maximum atomic E-state index is 12.8. The van der Waals surface area contributed by atoms with Gasteiger partial charge in [-0.2, -0.15) is 13.2 Å². The molecule has 0 bridgehead atoms. The SMILES string of the molecule is C[C@@H](NC(=O)c1cn(CCCCn2cc(C(=O)NCc3cc(C(F)(F)F)ccn3)nn2)nn1)c1ccccc1. The predicted molar refractivity (Wildman–Crippen MR) is 132 cm³/mol. The second-order valence-corrected chi connectivity index (χ2v) is 8.76. The fraction of sp³-hybridized carbons (Fsp3) is 0.320. The number of carbonyl (C=O) groups excluding carboxylic acids is 2. The molecule has 0 aliphatic heterocycles. The van der Waals surface area contributed by atoms with Crippen LogP contribution in [0.1, 0.15) is 63.6 Å². The molecule has 14 heteroatoms. The Kier molecular flexibility index (Phi) is 8.63. The molecule has 0 fully saturated rings. The molecule has 0 unspecified atom stereocenters. The minimum atomic E-state index is -4.49. The molecule has 1 aromatic carbocycles. The van der Waals surface area contributed by atoms with Gasteiger partial charge in [0.2, 0.25) is 0 Å². The van der Waals surface area contributed by atoms with Gasteiger partial charge in [-0.3, -0.25) is 23.9 Å². The summed E-state index contributed by atoms with van der Waals surface area (Å²) in [5.74, 6) is -0.884. The van der Waals surface area contributed by atoms with Gasteiger partial charge in [0, 0.05) is 19.3 Å². The van der Waals surface area contributed by atoms with Gasteiger partial charge in [0.05, 0.1) is 36.2 Å². The Morgan fingerprint density at radius 1 is 0.923 bits per heavy atom. The zero-order valence-electron chi connectivity index (χ0n) is 21.0. The van der Waals surface area contributed by atoms with E-state index in [0.29, 0.717) is 25.9 Å². The molecule has 3 aromatic heterocycles. The molecule has 0 spiro atoms. The number of unbranched alkanes of at least 4 members (excludes halogenated alkanes) is 1. The molecule has 2 amide bonds. The van der Waals surface area contributed by atoms with E-state index in [0.717, 1.165) is 23.9 Å². The lowest BCUT2D eigenvalue weighted by molar-refractivity contribution is -0.137. The Morgan fingerprint density at radius 2 is 1.54 bits per heavy atom. The highest BCUT2D eigenvalue weighted by Crippen LogP contribution is 2.28. The molecule has 3 heterocycles. The van der Waals surface area contributed by atoms with Gasteiger partial charge in [-0.1, -0.05) is 40.8 Å². The van der Waals surface area contributed by atoms with E-state index < -0.39 is 17.6 Å². The van der Waals surface area contributed by atoms with Crippen LogP contribution in [0.3, 0.4) is 0 Å². The molecule has 2 N–H and O–H groups in total. The number of alkyl halides is 3. The number of halogens is 3. The normalized spacial score (nSPS) is 12.2. The molecule has 0 saturated heterocycles. The molecule has 4 rings (SSSR count). The minimum Gasteiger partial charge on any atom is -0.345 e. The summed E-state index contributed by atoms with van der Waals surface area (Å²) in [6.45, 7) is 2.72. The van der Waals surface area contributed by atoms with Gasteiger partial charge in [0.25, 0.3) is 11.8 Å². The van der Waals surface area contributed by atoms with E-state index in [4.69, 9.17) is 0 Å². The fourth-order valence-corrected chi connectivity index (χ4v) is 3.68. The Bertz CT molecular complexity index is 1400. The van der Waals surface area contributed by atoms with Gasteiger partial charge >= 0.3 is 6.18 Å². The number of aryl methyl sites for hydroxylation is 2. The molecule has 0 saturated carbocycles. The summed E-state index contributed by atoms with van der Waals surface area (Å²) in [6, 6.07) is 11.2. The van der Waals surface area contributed by atoms with Gasteiger partial charge < -0.3 is 10.6 Å². The summed E-state index contributed by atoms with van der Waals surface area (Å²) in [7, 11) is 0. The number of hydrogen-bond acceptors (Lipinski definition) is 7. The molecule has 1 atom stereocenters. The van der Waals surface area contributed by atoms with E-state index in [1.807, 2.05) is 37.3 Å². The van der Waals surface area contributed by atoms with Crippen LogP contribution in [-0.2, 0) is 25.8 Å². The molecular formula is C25H26F3N9O2. The zero-order valence-corrected chi connectivity index (χ0v) is 21.0. The number of rotatable bonds is 11. The first-order valence-electron chi connectivity index (χ1n) is 12.2. The first kappa shape index (κ1) is 27.4. The molecule has 0 radical (unpaired) electrons. The first-order chi connectivity index (χ1) is 18.7. The number of hydrogen-bond donors (Lipinski definition) is 2. The highest BCUT2D eigenvalue weighted by molar-refractivity contribution is 5.92. The van der Waals surface area contributed by atoms with Crippen LogP contribution >= 0.6 is 0 Å². The monoisotopic (exact) mass is 541 g/mol. The third kappa shape index (κ3) is 7.69. The second-order valence-electron chi connectivity index (χ2n) is 8.76. The molecule has 39 heavy (non-hydrogen) atoms. The highest BCUT2D eigenvalue weighted by atomic mass is 19.4. The lowest BCUT2D eigenvalue weighted by Crippen LogP contribution is -2.26. The first-order valence-corrected chi connectivity index (χ1v) is 12.2. The van der Waals surface area contributed by atoms with E-state index in [-0.39, 0.29) is 35.6 Å². The van der Waals surface area contributed by atoms with Gasteiger partial charge in [-0.05, 0) is 37.5 Å². The Morgan fingerprint density at radius 3 is 2.15 bits per heavy atom. The van der Waals surface area contributed by atoms with Crippen molar-refractivity contribution in [2.45, 2.75) is 51.6 Å². The third-order valence-corrected chi connectivity index (χ3v) is 5.79. The van der Waals surface area contributed by atoms with Crippen molar-refractivity contribution in [3.05, 3.63) is 89.3 Å². The highest BCUT2D eigenvalue weighted by Gasteiger charge is 2.30. The maximum Gasteiger partial charge on any atom is 0.416 e. The van der Waals surface area contributed by atoms with Crippen LogP contribution in [-0.4, -0.2) is 46.8 Å². The zero-order chi connectivity index (χ0) is 27.8. The molecule has 0 aliphatic rings. The van der Waals surface area contributed by atoms with E-state index in [1.165, 1.54) is 10.9 Å². The van der Waals surface area contributed by atoms with Gasteiger partial charge in [-0.25, -0.2) is 0 Å². The topological polar surface area (TPSA) is 133 Å². The minimum absolute atomic E-state index is 0.0404. The van der Waals surface area contributed by atoms with Crippen LogP contribution in [0.15, 0.2) is 61.1 Å². The van der Waals surface area contributed by atoms with Crippen molar-refractivity contribution in [3.8, 4) is 0 Å². The molecule has 4 aromatic rings. The van der Waals surface area contributed by atoms with E-state index in [2.05, 4.69) is 36.2 Å². The number of nitrogens with zero attached hydrogens (tertiary/aromatic N) is 7. The van der Waals surface area contributed by atoms with Gasteiger partial charge in [0.1, 0.15) is 0 Å². The average molecular weight is 542 g/mol. The number of nitrogens with one attached hydrogen (secondary N) is 2. The Hall–Kier alpha value is -4.62. The van der Waals surface area contributed by atoms with Crippen molar-refractivity contribution in [2.75, 3.05) is 0 Å². The van der Waals surface area contributed by atoms with Crippen LogP contribution in [0.4, 0.5) is 13.2 Å². The molecule has 11 nitrogen and oxygen atoms in total. The van der Waals surface area contributed by atoms with Crippen molar-refractivity contribution in [1.29, 1.82) is 0 Å². The molecule has 0 aliphatic carbocycles. The molecule has 204 valence electrons. The van der Waals surface area contributed by atoms with Crippen molar-refractivity contribution in [2.24, 2.45) is 0 Å². The lowest BCUT2D eigenvalue weighted by atomic mass is 10.1. The Labute approximate surface area is 221 Å². The quantitative estimate of drug-likeness (QED) is 0.279. The summed E-state index contributed by atoms with van der Waals surface area (Å²) in [5, 5.41) is 21.1. The van der Waals surface area contributed by atoms with Crippen molar-refractivity contribution < 1.29 is 22.8 Å². The van der Waals surface area contributed by atoms with Crippen molar-refractivity contribution in [1.82, 2.24) is 45.6 Å². The summed E-state index contributed by atoms with van der Waals surface area (Å²) in [4.78, 5) is 28.6. The number of amides is 2. The van der Waals surface area contributed by atoms with Crippen LogP contribution in [0, 0.1) is 0 Å². The largest absolute Gasteiger partial charge is 0.416 e. The number of aromatic nitrogens is 7. The fourth-order valence-electron chi connectivity index (χ4n) is 3.68. The van der Waals surface area contributed by atoms with Crippen LogP contribution in [0.5, 0.6) is 0 Å². The van der Waals surface area contributed by atoms with E-state index in [1.54, 1.807) is 10.9 Å². The predicted octanol–water partition coefficient (Wildman–Crippen LogP) is 3.18. The standard InChI is InChI=1S/C25H26F3N9O2/c1-17(18-7-3-2-4-8-18)31-24(39)22-16-37(35-33-22)12-6-5-11-36-15-21(32-34-36)23(38)30-14-20-13-19(9-10-29-20)25(26,27)28/h2-4,7-10,13,15-17H,5-6,11-12,14H2,1H3,(H,30,38)(H,31,39)/t17-/m1/s1. The third-order valence-electron chi connectivity index (χ3n) is 5.79. The van der Waals surface area contributed by atoms with Gasteiger partial charge in [-0.15, -0.1) is 10.2 Å². The summed E-state index contributed by atoms with van der Waals surface area (Å²) < 4.78 is 41.6. The average Bonchev–Trinajstić information content (AvgIpc) is 3.60. The van der Waals surface area contributed by atoms with Crippen LogP contribution < -0.4 is 10.6 Å². The smallest absolute Gasteiger partial charge is 0.345 e. The van der Waals surface area contributed by atoms with Crippen molar-refractivity contribution in [3.63, 3.8) is 0 Å². The summed E-state index contributed by atoms with van der Waals surface area (Å²) >= 11 is 0. The maximum absolute atomic E-state index is 12.8. The Balaban J connectivity index is 1.19. The number of benzene rings is 1. The van der Waals surface area contributed by atoms with E-state index in [9.17, 15) is 22.8 Å².